The summed E-state index contributed by atoms with van der Waals surface area (Å²) in [5.41, 5.74) is 4.58. The first kappa shape index (κ1) is 28.9. The van der Waals surface area contributed by atoms with Gasteiger partial charge >= 0.3 is 18.0 Å². The van der Waals surface area contributed by atoms with Crippen LogP contribution in [0.4, 0.5) is 10.5 Å². The molecule has 2 aromatic rings. The molecule has 2 rings (SSSR count). The first-order valence-corrected chi connectivity index (χ1v) is 11.7. The summed E-state index contributed by atoms with van der Waals surface area (Å²) >= 11 is 0. The van der Waals surface area contributed by atoms with Crippen LogP contribution in [-0.4, -0.2) is 44.5 Å². The summed E-state index contributed by atoms with van der Waals surface area (Å²) in [4.78, 5) is 35.2. The van der Waals surface area contributed by atoms with E-state index in [9.17, 15) is 14.4 Å². The van der Waals surface area contributed by atoms with Gasteiger partial charge in [-0.1, -0.05) is 56.1 Å². The van der Waals surface area contributed by atoms with Gasteiger partial charge in [-0.15, -0.1) is 0 Å². The van der Waals surface area contributed by atoms with Crippen molar-refractivity contribution in [3.05, 3.63) is 102 Å². The number of hydrogen-bond acceptors (Lipinski definition) is 7. The normalized spacial score (nSPS) is 10.1. The molecular formula is C29H33NO7. The molecule has 0 saturated heterocycles. The van der Waals surface area contributed by atoms with E-state index >= 15 is 0 Å². The Kier molecular flexibility index (Phi) is 11.7. The zero-order valence-corrected chi connectivity index (χ0v) is 21.3. The second kappa shape index (κ2) is 14.9. The molecule has 0 aliphatic rings. The number of allylic oxidation sites excluding steroid dienone is 1. The Morgan fingerprint density at radius 2 is 1.19 bits per heavy atom. The van der Waals surface area contributed by atoms with Gasteiger partial charge < -0.3 is 18.9 Å². The Labute approximate surface area is 217 Å². The highest BCUT2D eigenvalue weighted by molar-refractivity contribution is 5.87. The van der Waals surface area contributed by atoms with E-state index in [0.717, 1.165) is 22.3 Å². The maximum Gasteiger partial charge on any atom is 0.411 e. The van der Waals surface area contributed by atoms with Crippen molar-refractivity contribution in [2.24, 2.45) is 0 Å². The molecule has 0 spiro atoms. The maximum absolute atomic E-state index is 12.0. The molecule has 196 valence electrons. The molecule has 0 heterocycles. The lowest BCUT2D eigenvalue weighted by molar-refractivity contribution is -0.149. The molecule has 0 saturated carbocycles. The number of anilines is 1. The Balaban J connectivity index is 1.71. The number of ether oxygens (including phenoxy) is 4. The van der Waals surface area contributed by atoms with Crippen molar-refractivity contribution in [3.63, 3.8) is 0 Å². The molecule has 0 bridgehead atoms. The van der Waals surface area contributed by atoms with E-state index in [4.69, 9.17) is 18.9 Å². The quantitative estimate of drug-likeness (QED) is 0.0944. The lowest BCUT2D eigenvalue weighted by Crippen LogP contribution is -2.16. The molecule has 0 atom stereocenters. The van der Waals surface area contributed by atoms with Gasteiger partial charge in [0.05, 0.1) is 6.42 Å². The summed E-state index contributed by atoms with van der Waals surface area (Å²) in [5, 5.41) is 2.67. The molecule has 0 radical (unpaired) electrons. The van der Waals surface area contributed by atoms with Crippen LogP contribution in [-0.2, 0) is 41.4 Å². The maximum atomic E-state index is 12.0. The molecule has 8 heteroatoms. The van der Waals surface area contributed by atoms with Crippen LogP contribution in [0.3, 0.4) is 0 Å². The largest absolute Gasteiger partial charge is 0.490 e. The highest BCUT2D eigenvalue weighted by Gasteiger charge is 2.08. The van der Waals surface area contributed by atoms with Crippen molar-refractivity contribution < 1.29 is 33.3 Å². The van der Waals surface area contributed by atoms with Crippen molar-refractivity contribution >= 4 is 23.7 Å². The van der Waals surface area contributed by atoms with Crippen LogP contribution >= 0.6 is 0 Å². The number of esters is 2. The molecule has 1 N–H and O–H groups in total. The molecular weight excluding hydrogens is 474 g/mol. The molecule has 0 aliphatic carbocycles. The average Bonchev–Trinajstić information content (AvgIpc) is 2.86. The molecule has 0 fully saturated rings. The number of carbonyl (C=O) groups is 3. The van der Waals surface area contributed by atoms with Crippen LogP contribution in [0.1, 0.15) is 30.5 Å². The predicted molar refractivity (Wildman–Crippen MR) is 141 cm³/mol. The minimum atomic E-state index is -0.570. The molecule has 0 unspecified atom stereocenters. The number of hydrogen-bond donors (Lipinski definition) is 1. The van der Waals surface area contributed by atoms with Crippen molar-refractivity contribution in [1.29, 1.82) is 0 Å². The van der Waals surface area contributed by atoms with E-state index in [1.165, 1.54) is 0 Å². The summed E-state index contributed by atoms with van der Waals surface area (Å²) < 4.78 is 20.4. The zero-order chi connectivity index (χ0) is 27.2. The number of amides is 1. The van der Waals surface area contributed by atoms with Crippen molar-refractivity contribution in [2.45, 2.75) is 26.7 Å². The molecule has 2 aromatic carbocycles. The summed E-state index contributed by atoms with van der Waals surface area (Å²) in [6.07, 6.45) is 0.243. The fourth-order valence-electron chi connectivity index (χ4n) is 2.92. The average molecular weight is 508 g/mol. The summed E-state index contributed by atoms with van der Waals surface area (Å²) in [6, 6.07) is 15.1. The van der Waals surface area contributed by atoms with Crippen molar-refractivity contribution in [1.82, 2.24) is 0 Å². The van der Waals surface area contributed by atoms with E-state index in [1.54, 1.807) is 26.0 Å². The van der Waals surface area contributed by atoms with E-state index in [1.807, 2.05) is 36.4 Å². The minimum Gasteiger partial charge on any atom is -0.490 e. The van der Waals surface area contributed by atoms with Crippen LogP contribution in [0.2, 0.25) is 0 Å². The predicted octanol–water partition coefficient (Wildman–Crippen LogP) is 5.14. The van der Waals surface area contributed by atoms with Gasteiger partial charge in [0.1, 0.15) is 32.2 Å². The smallest absolute Gasteiger partial charge is 0.411 e. The van der Waals surface area contributed by atoms with Crippen LogP contribution in [0.15, 0.2) is 85.2 Å². The fourth-order valence-corrected chi connectivity index (χ4v) is 2.92. The third-order valence-corrected chi connectivity index (χ3v) is 4.98. The lowest BCUT2D eigenvalue weighted by atomic mass is 10.0. The highest BCUT2D eigenvalue weighted by atomic mass is 16.6. The monoisotopic (exact) mass is 507 g/mol. The summed E-state index contributed by atoms with van der Waals surface area (Å²) in [7, 11) is 0. The van der Waals surface area contributed by atoms with Gasteiger partial charge in [0.2, 0.25) is 0 Å². The van der Waals surface area contributed by atoms with Gasteiger partial charge in [-0.25, -0.2) is 9.59 Å². The standard InChI is InChI=1S/C29H33NO7/c1-20(2)22(5)34-14-17-37-29(33)30-26-12-10-24(11-13-26)18-23-6-8-25(9-7-23)19-27(31)35-15-16-36-28(32)21(3)4/h6-13H,1,3,5,14-19H2,2,4H3,(H,30,33). The number of rotatable bonds is 14. The van der Waals surface area contributed by atoms with Crippen LogP contribution in [0, 0.1) is 0 Å². The number of benzene rings is 2. The number of nitrogens with one attached hydrogen (secondary N) is 1. The molecule has 8 nitrogen and oxygen atoms in total. The van der Waals surface area contributed by atoms with Crippen LogP contribution in [0.5, 0.6) is 0 Å². The Morgan fingerprint density at radius 1 is 0.676 bits per heavy atom. The van der Waals surface area contributed by atoms with Crippen LogP contribution in [0.25, 0.3) is 0 Å². The van der Waals surface area contributed by atoms with Gasteiger partial charge in [-0.3, -0.25) is 10.1 Å². The van der Waals surface area contributed by atoms with E-state index < -0.39 is 18.0 Å². The van der Waals surface area contributed by atoms with E-state index in [-0.39, 0.29) is 32.8 Å². The van der Waals surface area contributed by atoms with Gasteiger partial charge in [-0.05, 0) is 54.7 Å². The first-order chi connectivity index (χ1) is 17.6. The van der Waals surface area contributed by atoms with Gasteiger partial charge in [-0.2, -0.15) is 0 Å². The Bertz CT molecular complexity index is 1030. The molecule has 37 heavy (non-hydrogen) atoms. The zero-order valence-electron chi connectivity index (χ0n) is 21.3. The SMILES string of the molecule is C=C(C)C(=C)OCCOC(=O)Nc1ccc(Cc2ccc(CC(=O)OCCOC(=O)C(=C)C)cc2)cc1. The van der Waals surface area contributed by atoms with Gasteiger partial charge in [0, 0.05) is 11.3 Å². The van der Waals surface area contributed by atoms with Crippen molar-refractivity contribution in [3.8, 4) is 0 Å². The number of carbonyl (C=O) groups excluding carboxylic acids is 3. The Hall–Kier alpha value is -4.33. The second-order valence-corrected chi connectivity index (χ2v) is 8.32. The van der Waals surface area contributed by atoms with E-state index in [2.05, 4.69) is 25.1 Å². The third-order valence-electron chi connectivity index (χ3n) is 4.98. The lowest BCUT2D eigenvalue weighted by Gasteiger charge is -2.10. The topological polar surface area (TPSA) is 100 Å². The van der Waals surface area contributed by atoms with Gasteiger partial charge in [0.25, 0.3) is 0 Å². The fraction of sp³-hybridized carbons (Fsp3) is 0.276. The molecule has 0 aromatic heterocycles. The third kappa shape index (κ3) is 11.3. The highest BCUT2D eigenvalue weighted by Crippen LogP contribution is 2.15. The van der Waals surface area contributed by atoms with Gasteiger partial charge in [0.15, 0.2) is 0 Å². The molecule has 1 amide bonds. The van der Waals surface area contributed by atoms with Crippen LogP contribution < -0.4 is 5.32 Å². The summed E-state index contributed by atoms with van der Waals surface area (Å²) in [5.74, 6) is -0.443. The van der Waals surface area contributed by atoms with Crippen molar-refractivity contribution in [2.75, 3.05) is 31.7 Å². The minimum absolute atomic E-state index is 0.00146. The first-order valence-electron chi connectivity index (χ1n) is 11.7. The Morgan fingerprint density at radius 3 is 1.78 bits per heavy atom. The summed E-state index contributed by atoms with van der Waals surface area (Å²) in [6.45, 7) is 14.5. The van der Waals surface area contributed by atoms with E-state index in [0.29, 0.717) is 23.4 Å². The molecule has 0 aliphatic heterocycles. The second-order valence-electron chi connectivity index (χ2n) is 8.32.